The molecular formula is C14H18N4O2. The first kappa shape index (κ1) is 13.1. The van der Waals surface area contributed by atoms with Gasteiger partial charge in [0.25, 0.3) is 0 Å². The molecule has 3 rings (SSSR count). The van der Waals surface area contributed by atoms with Crippen molar-refractivity contribution in [3.8, 4) is 6.01 Å². The second-order valence-electron chi connectivity index (χ2n) is 5.06. The van der Waals surface area contributed by atoms with E-state index in [0.717, 1.165) is 43.9 Å². The maximum atomic E-state index is 5.77. The van der Waals surface area contributed by atoms with Crippen molar-refractivity contribution in [2.45, 2.75) is 32.4 Å². The summed E-state index contributed by atoms with van der Waals surface area (Å²) < 4.78 is 11.0. The van der Waals surface area contributed by atoms with Gasteiger partial charge in [-0.05, 0) is 25.8 Å². The molecule has 2 aromatic rings. The van der Waals surface area contributed by atoms with Crippen LogP contribution >= 0.6 is 0 Å². The van der Waals surface area contributed by atoms with Crippen LogP contribution < -0.4 is 4.74 Å². The van der Waals surface area contributed by atoms with Gasteiger partial charge in [0, 0.05) is 31.5 Å². The predicted octanol–water partition coefficient (Wildman–Crippen LogP) is 1.82. The van der Waals surface area contributed by atoms with Crippen LogP contribution in [0.3, 0.4) is 0 Å². The number of rotatable bonds is 4. The minimum atomic E-state index is 0.199. The van der Waals surface area contributed by atoms with E-state index >= 15 is 0 Å². The molecule has 6 heteroatoms. The summed E-state index contributed by atoms with van der Waals surface area (Å²) in [5.74, 6) is 0.924. The van der Waals surface area contributed by atoms with Crippen LogP contribution in [0.1, 0.15) is 24.3 Å². The van der Waals surface area contributed by atoms with Crippen LogP contribution in [0, 0.1) is 6.92 Å². The van der Waals surface area contributed by atoms with Gasteiger partial charge in [0.15, 0.2) is 5.76 Å². The molecule has 6 nitrogen and oxygen atoms in total. The normalized spacial score (nSPS) is 17.2. The lowest BCUT2D eigenvalue weighted by Gasteiger charge is -2.30. The summed E-state index contributed by atoms with van der Waals surface area (Å²) >= 11 is 0. The number of aryl methyl sites for hydroxylation is 1. The Labute approximate surface area is 117 Å². The molecule has 1 fully saturated rings. The van der Waals surface area contributed by atoms with Gasteiger partial charge in [-0.3, -0.25) is 4.90 Å². The van der Waals surface area contributed by atoms with Gasteiger partial charge < -0.3 is 9.26 Å². The fourth-order valence-corrected chi connectivity index (χ4v) is 2.39. The summed E-state index contributed by atoms with van der Waals surface area (Å²) in [5.41, 5.74) is 0.930. The maximum absolute atomic E-state index is 5.77. The Balaban J connectivity index is 1.47. The molecule has 1 aliphatic heterocycles. The van der Waals surface area contributed by atoms with Crippen molar-refractivity contribution in [1.29, 1.82) is 0 Å². The quantitative estimate of drug-likeness (QED) is 0.847. The standard InChI is InChI=1S/C14H18N4O2/c1-11-9-13(20-17-11)10-18-7-3-12(4-8-18)19-14-15-5-2-6-16-14/h2,5-6,9,12H,3-4,7-8,10H2,1H3. The van der Waals surface area contributed by atoms with E-state index in [1.54, 1.807) is 18.5 Å². The van der Waals surface area contributed by atoms with Crippen molar-refractivity contribution >= 4 is 0 Å². The van der Waals surface area contributed by atoms with E-state index in [1.165, 1.54) is 0 Å². The number of likely N-dealkylation sites (tertiary alicyclic amines) is 1. The van der Waals surface area contributed by atoms with Crippen LogP contribution in [0.25, 0.3) is 0 Å². The molecule has 0 atom stereocenters. The van der Waals surface area contributed by atoms with Gasteiger partial charge in [-0.2, -0.15) is 0 Å². The topological polar surface area (TPSA) is 64.3 Å². The smallest absolute Gasteiger partial charge is 0.316 e. The lowest BCUT2D eigenvalue weighted by atomic mass is 10.1. The van der Waals surface area contributed by atoms with Gasteiger partial charge in [-0.25, -0.2) is 9.97 Å². The maximum Gasteiger partial charge on any atom is 0.316 e. The Hall–Kier alpha value is -1.95. The van der Waals surface area contributed by atoms with Crippen molar-refractivity contribution in [3.63, 3.8) is 0 Å². The molecule has 106 valence electrons. The van der Waals surface area contributed by atoms with E-state index in [-0.39, 0.29) is 6.10 Å². The second-order valence-corrected chi connectivity index (χ2v) is 5.06. The van der Waals surface area contributed by atoms with Gasteiger partial charge in [-0.15, -0.1) is 0 Å². The van der Waals surface area contributed by atoms with Crippen molar-refractivity contribution in [2.24, 2.45) is 0 Å². The zero-order valence-electron chi connectivity index (χ0n) is 11.5. The average Bonchev–Trinajstić information content (AvgIpc) is 2.88. The van der Waals surface area contributed by atoms with Gasteiger partial charge in [-0.1, -0.05) is 5.16 Å². The largest absolute Gasteiger partial charge is 0.460 e. The molecule has 0 radical (unpaired) electrons. The van der Waals surface area contributed by atoms with Crippen LogP contribution in [-0.4, -0.2) is 39.2 Å². The summed E-state index contributed by atoms with van der Waals surface area (Å²) in [7, 11) is 0. The zero-order chi connectivity index (χ0) is 13.8. The summed E-state index contributed by atoms with van der Waals surface area (Å²) in [6.45, 7) is 4.72. The molecule has 0 N–H and O–H groups in total. The molecule has 1 aliphatic rings. The van der Waals surface area contributed by atoms with Crippen molar-refractivity contribution in [1.82, 2.24) is 20.0 Å². The number of ether oxygens (including phenoxy) is 1. The third-order valence-electron chi connectivity index (χ3n) is 3.40. The molecule has 0 amide bonds. The molecule has 0 unspecified atom stereocenters. The summed E-state index contributed by atoms with van der Waals surface area (Å²) in [6.07, 6.45) is 5.55. The number of nitrogens with zero attached hydrogens (tertiary/aromatic N) is 4. The highest BCUT2D eigenvalue weighted by Crippen LogP contribution is 2.17. The molecule has 1 saturated heterocycles. The van der Waals surface area contributed by atoms with Crippen molar-refractivity contribution in [2.75, 3.05) is 13.1 Å². The molecule has 0 spiro atoms. The molecular weight excluding hydrogens is 256 g/mol. The number of aromatic nitrogens is 3. The van der Waals surface area contributed by atoms with Crippen molar-refractivity contribution < 1.29 is 9.26 Å². The summed E-state index contributed by atoms with van der Waals surface area (Å²) in [4.78, 5) is 10.5. The van der Waals surface area contributed by atoms with E-state index in [4.69, 9.17) is 9.26 Å². The van der Waals surface area contributed by atoms with Crippen molar-refractivity contribution in [3.05, 3.63) is 36.0 Å². The van der Waals surface area contributed by atoms with Crippen LogP contribution in [-0.2, 0) is 6.54 Å². The Morgan fingerprint density at radius 1 is 1.30 bits per heavy atom. The van der Waals surface area contributed by atoms with E-state index in [9.17, 15) is 0 Å². The highest BCUT2D eigenvalue weighted by Gasteiger charge is 2.22. The molecule has 0 aliphatic carbocycles. The monoisotopic (exact) mass is 274 g/mol. The minimum absolute atomic E-state index is 0.199. The van der Waals surface area contributed by atoms with Gasteiger partial charge in [0.2, 0.25) is 0 Å². The first-order valence-electron chi connectivity index (χ1n) is 6.88. The third-order valence-corrected chi connectivity index (χ3v) is 3.40. The Morgan fingerprint density at radius 3 is 2.70 bits per heavy atom. The summed E-state index contributed by atoms with van der Waals surface area (Å²) in [5, 5.41) is 3.91. The Kier molecular flexibility index (Phi) is 3.92. The summed E-state index contributed by atoms with van der Waals surface area (Å²) in [6, 6.07) is 4.24. The highest BCUT2D eigenvalue weighted by molar-refractivity contribution is 5.03. The molecule has 3 heterocycles. The SMILES string of the molecule is Cc1cc(CN2CCC(Oc3ncccn3)CC2)on1. The van der Waals surface area contributed by atoms with E-state index in [1.807, 2.05) is 13.0 Å². The van der Waals surface area contributed by atoms with Crippen LogP contribution in [0.15, 0.2) is 29.0 Å². The first-order chi connectivity index (χ1) is 9.79. The Bertz CT molecular complexity index is 535. The molecule has 0 aromatic carbocycles. The van der Waals surface area contributed by atoms with Gasteiger partial charge >= 0.3 is 6.01 Å². The average molecular weight is 274 g/mol. The lowest BCUT2D eigenvalue weighted by Crippen LogP contribution is -2.37. The molecule has 0 bridgehead atoms. The number of hydrogen-bond acceptors (Lipinski definition) is 6. The fourth-order valence-electron chi connectivity index (χ4n) is 2.39. The zero-order valence-corrected chi connectivity index (χ0v) is 11.5. The third kappa shape index (κ3) is 3.33. The van der Waals surface area contributed by atoms with Crippen LogP contribution in [0.4, 0.5) is 0 Å². The molecule has 20 heavy (non-hydrogen) atoms. The van der Waals surface area contributed by atoms with Gasteiger partial charge in [0.1, 0.15) is 6.10 Å². The minimum Gasteiger partial charge on any atom is -0.460 e. The fraction of sp³-hybridized carbons (Fsp3) is 0.500. The highest BCUT2D eigenvalue weighted by atomic mass is 16.5. The lowest BCUT2D eigenvalue weighted by molar-refractivity contribution is 0.0845. The van der Waals surface area contributed by atoms with E-state index in [0.29, 0.717) is 6.01 Å². The van der Waals surface area contributed by atoms with E-state index in [2.05, 4.69) is 20.0 Å². The molecule has 2 aromatic heterocycles. The second kappa shape index (κ2) is 6.00. The van der Waals surface area contributed by atoms with Crippen LogP contribution in [0.2, 0.25) is 0 Å². The Morgan fingerprint density at radius 2 is 2.05 bits per heavy atom. The van der Waals surface area contributed by atoms with E-state index < -0.39 is 0 Å². The predicted molar refractivity (Wildman–Crippen MR) is 72.2 cm³/mol. The van der Waals surface area contributed by atoms with Gasteiger partial charge in [0.05, 0.1) is 12.2 Å². The number of piperidine rings is 1. The van der Waals surface area contributed by atoms with Crippen LogP contribution in [0.5, 0.6) is 6.01 Å². The molecule has 0 saturated carbocycles. The first-order valence-corrected chi connectivity index (χ1v) is 6.88. The number of hydrogen-bond donors (Lipinski definition) is 0.